The van der Waals surface area contributed by atoms with Gasteiger partial charge in [0.2, 0.25) is 0 Å². The van der Waals surface area contributed by atoms with Crippen LogP contribution in [0.4, 0.5) is 5.69 Å². The molecule has 0 aliphatic heterocycles. The summed E-state index contributed by atoms with van der Waals surface area (Å²) in [5.41, 5.74) is 2.93. The van der Waals surface area contributed by atoms with Gasteiger partial charge in [-0.1, -0.05) is 30.3 Å². The third-order valence-corrected chi connectivity index (χ3v) is 4.63. The Morgan fingerprint density at radius 1 is 1.10 bits per heavy atom. The summed E-state index contributed by atoms with van der Waals surface area (Å²) in [5, 5.41) is 14.0. The van der Waals surface area contributed by atoms with Crippen LogP contribution in [0.2, 0.25) is 0 Å². The zero-order valence-electron chi connectivity index (χ0n) is 15.6. The molecule has 2 heterocycles. The first-order chi connectivity index (χ1) is 14.0. The first-order valence-corrected chi connectivity index (χ1v) is 8.94. The lowest BCUT2D eigenvalue weighted by Crippen LogP contribution is -2.24. The van der Waals surface area contributed by atoms with E-state index in [1.165, 1.54) is 6.07 Å². The van der Waals surface area contributed by atoms with Gasteiger partial charge >= 0.3 is 0 Å². The number of aryl methyl sites for hydroxylation is 1. The fraction of sp³-hybridized carbons (Fsp3) is 0.0952. The second-order valence-corrected chi connectivity index (χ2v) is 6.54. The first-order valence-electron chi connectivity index (χ1n) is 8.94. The number of nitrogens with zero attached hydrogens (tertiary/aromatic N) is 4. The molecule has 0 radical (unpaired) electrons. The lowest BCUT2D eigenvalue weighted by Gasteiger charge is -2.08. The molecule has 144 valence electrons. The number of rotatable bonds is 5. The fourth-order valence-corrected chi connectivity index (χ4v) is 3.17. The number of amides is 1. The largest absolute Gasteiger partial charge is 0.348 e. The smallest absolute Gasteiger partial charge is 0.285 e. The molecular formula is C21H17N5O3. The van der Waals surface area contributed by atoms with Crippen LogP contribution in [-0.2, 0) is 6.54 Å². The highest BCUT2D eigenvalue weighted by atomic mass is 16.6. The molecule has 0 fully saturated rings. The third kappa shape index (κ3) is 3.55. The highest BCUT2D eigenvalue weighted by Gasteiger charge is 2.22. The third-order valence-electron chi connectivity index (χ3n) is 4.63. The van der Waals surface area contributed by atoms with Gasteiger partial charge in [-0.05, 0) is 36.8 Å². The maximum atomic E-state index is 12.4. The fourth-order valence-electron chi connectivity index (χ4n) is 3.17. The minimum absolute atomic E-state index is 0.0458. The van der Waals surface area contributed by atoms with Crippen LogP contribution >= 0.6 is 0 Å². The summed E-state index contributed by atoms with van der Waals surface area (Å²) in [6, 6.07) is 16.1. The average Bonchev–Trinajstić information content (AvgIpc) is 3.16. The van der Waals surface area contributed by atoms with Gasteiger partial charge in [0.15, 0.2) is 0 Å². The molecule has 8 nitrogen and oxygen atoms in total. The Kier molecular flexibility index (Phi) is 4.74. The molecule has 4 aromatic rings. The van der Waals surface area contributed by atoms with E-state index in [0.29, 0.717) is 11.4 Å². The number of nitrogens with one attached hydrogen (secondary N) is 1. The molecule has 4 rings (SSSR count). The second kappa shape index (κ2) is 7.51. The van der Waals surface area contributed by atoms with E-state index < -0.39 is 10.8 Å². The molecule has 0 spiro atoms. The lowest BCUT2D eigenvalue weighted by molar-refractivity contribution is -0.385. The van der Waals surface area contributed by atoms with Crippen molar-refractivity contribution < 1.29 is 9.72 Å². The number of pyridine rings is 1. The molecule has 0 aliphatic carbocycles. The zero-order valence-corrected chi connectivity index (χ0v) is 15.6. The average molecular weight is 387 g/mol. The Balaban J connectivity index is 1.50. The Labute approximate surface area is 166 Å². The minimum atomic E-state index is -0.532. The van der Waals surface area contributed by atoms with E-state index in [9.17, 15) is 14.9 Å². The predicted molar refractivity (Wildman–Crippen MR) is 108 cm³/mol. The number of aromatic nitrogens is 3. The number of fused-ring (bicyclic) bond motifs is 1. The Bertz CT molecular complexity index is 1210. The van der Waals surface area contributed by atoms with Gasteiger partial charge < -0.3 is 5.32 Å². The van der Waals surface area contributed by atoms with Crippen molar-refractivity contribution in [2.45, 2.75) is 13.5 Å². The normalized spacial score (nSPS) is 10.8. The minimum Gasteiger partial charge on any atom is -0.348 e. The number of carbonyl (C=O) groups excluding carboxylic acids is 1. The number of carbonyl (C=O) groups is 1. The van der Waals surface area contributed by atoms with Crippen LogP contribution in [0.1, 0.15) is 21.5 Å². The van der Waals surface area contributed by atoms with Gasteiger partial charge in [0.1, 0.15) is 17.7 Å². The Hall–Kier alpha value is -4.07. The van der Waals surface area contributed by atoms with Crippen molar-refractivity contribution in [3.05, 3.63) is 93.9 Å². The van der Waals surface area contributed by atoms with E-state index in [1.807, 2.05) is 41.0 Å². The quantitative estimate of drug-likeness (QED) is 0.416. The van der Waals surface area contributed by atoms with Crippen molar-refractivity contribution in [3.8, 4) is 5.82 Å². The zero-order chi connectivity index (χ0) is 20.4. The number of hydrogen-bond acceptors (Lipinski definition) is 5. The van der Waals surface area contributed by atoms with E-state index in [4.69, 9.17) is 0 Å². The van der Waals surface area contributed by atoms with E-state index >= 15 is 0 Å². The van der Waals surface area contributed by atoms with Gasteiger partial charge in [-0.2, -0.15) is 0 Å². The SMILES string of the molecule is Cc1cccc(C(=O)NCc2ccc(-n3cnc4ccccc43)nc2)c1[N+](=O)[O-]. The van der Waals surface area contributed by atoms with Crippen molar-refractivity contribution in [3.63, 3.8) is 0 Å². The van der Waals surface area contributed by atoms with Crippen molar-refractivity contribution in [2.24, 2.45) is 0 Å². The van der Waals surface area contributed by atoms with Crippen molar-refractivity contribution in [1.82, 2.24) is 19.9 Å². The van der Waals surface area contributed by atoms with Gasteiger partial charge in [-0.3, -0.25) is 19.5 Å². The van der Waals surface area contributed by atoms with Crippen LogP contribution in [0, 0.1) is 17.0 Å². The monoisotopic (exact) mass is 387 g/mol. The maximum absolute atomic E-state index is 12.4. The summed E-state index contributed by atoms with van der Waals surface area (Å²) in [6.07, 6.45) is 3.38. The van der Waals surface area contributed by atoms with E-state index in [2.05, 4.69) is 15.3 Å². The Morgan fingerprint density at radius 2 is 1.93 bits per heavy atom. The summed E-state index contributed by atoms with van der Waals surface area (Å²) < 4.78 is 1.88. The first kappa shape index (κ1) is 18.3. The van der Waals surface area contributed by atoms with Crippen LogP contribution in [0.5, 0.6) is 0 Å². The van der Waals surface area contributed by atoms with Crippen molar-refractivity contribution in [1.29, 1.82) is 0 Å². The molecule has 8 heteroatoms. The summed E-state index contributed by atoms with van der Waals surface area (Å²) in [5.74, 6) is 0.216. The molecule has 0 saturated heterocycles. The number of imidazole rings is 1. The van der Waals surface area contributed by atoms with Gasteiger partial charge in [0.25, 0.3) is 11.6 Å². The molecule has 0 bridgehead atoms. The molecular weight excluding hydrogens is 370 g/mol. The van der Waals surface area contributed by atoms with E-state index in [-0.39, 0.29) is 17.8 Å². The van der Waals surface area contributed by atoms with E-state index in [0.717, 1.165) is 16.6 Å². The molecule has 0 unspecified atom stereocenters. The van der Waals surface area contributed by atoms with Crippen LogP contribution in [0.15, 0.2) is 67.1 Å². The Morgan fingerprint density at radius 3 is 2.69 bits per heavy atom. The topological polar surface area (TPSA) is 103 Å². The molecule has 1 N–H and O–H groups in total. The highest BCUT2D eigenvalue weighted by Crippen LogP contribution is 2.23. The number of nitro benzene ring substituents is 1. The molecule has 0 aliphatic rings. The van der Waals surface area contributed by atoms with Crippen LogP contribution < -0.4 is 5.32 Å². The molecule has 2 aromatic heterocycles. The van der Waals surface area contributed by atoms with Crippen LogP contribution in [0.25, 0.3) is 16.9 Å². The van der Waals surface area contributed by atoms with Crippen molar-refractivity contribution in [2.75, 3.05) is 0 Å². The molecule has 1 amide bonds. The van der Waals surface area contributed by atoms with Gasteiger partial charge in [-0.15, -0.1) is 0 Å². The molecule has 2 aromatic carbocycles. The number of nitro groups is 1. The van der Waals surface area contributed by atoms with Gasteiger partial charge in [0.05, 0.1) is 16.0 Å². The maximum Gasteiger partial charge on any atom is 0.285 e. The molecule has 0 saturated carbocycles. The standard InChI is InChI=1S/C21H17N5O3/c1-14-5-4-6-16(20(14)26(28)29)21(27)23-12-15-9-10-19(22-11-15)25-13-24-17-7-2-3-8-18(17)25/h2-11,13H,12H2,1H3,(H,23,27). The summed E-state index contributed by atoms with van der Waals surface area (Å²) in [4.78, 5) is 32.0. The summed E-state index contributed by atoms with van der Waals surface area (Å²) in [6.45, 7) is 1.82. The van der Waals surface area contributed by atoms with Gasteiger partial charge in [-0.25, -0.2) is 9.97 Å². The number of para-hydroxylation sites is 3. The number of benzene rings is 2. The van der Waals surface area contributed by atoms with Gasteiger partial charge in [0, 0.05) is 18.3 Å². The molecule has 0 atom stereocenters. The number of hydrogen-bond donors (Lipinski definition) is 1. The van der Waals surface area contributed by atoms with Crippen LogP contribution in [0.3, 0.4) is 0 Å². The van der Waals surface area contributed by atoms with E-state index in [1.54, 1.807) is 31.6 Å². The summed E-state index contributed by atoms with van der Waals surface area (Å²) >= 11 is 0. The van der Waals surface area contributed by atoms with Crippen molar-refractivity contribution >= 4 is 22.6 Å². The lowest BCUT2D eigenvalue weighted by atomic mass is 10.1. The molecule has 29 heavy (non-hydrogen) atoms. The highest BCUT2D eigenvalue weighted by molar-refractivity contribution is 5.98. The predicted octanol–water partition coefficient (Wildman–Crippen LogP) is 3.57. The van der Waals surface area contributed by atoms with Crippen LogP contribution in [-0.4, -0.2) is 25.4 Å². The second-order valence-electron chi connectivity index (χ2n) is 6.54. The summed E-state index contributed by atoms with van der Waals surface area (Å²) in [7, 11) is 0.